The Labute approximate surface area is 110 Å². The number of carboxylic acid groups (broad SMARTS) is 1. The van der Waals surface area contributed by atoms with Crippen molar-refractivity contribution >= 4 is 5.97 Å². The van der Waals surface area contributed by atoms with E-state index >= 15 is 0 Å². The van der Waals surface area contributed by atoms with Crippen LogP contribution < -0.4 is 5.32 Å². The van der Waals surface area contributed by atoms with E-state index in [4.69, 9.17) is 5.11 Å². The number of halogens is 6. The molecule has 1 aliphatic carbocycles. The molecule has 10 heteroatoms. The monoisotopic (exact) mass is 309 g/mol. The summed E-state index contributed by atoms with van der Waals surface area (Å²) in [5.74, 6) is -2.09. The average Bonchev–Trinajstić information content (AvgIpc) is 3.04. The molecule has 0 aromatic carbocycles. The summed E-state index contributed by atoms with van der Waals surface area (Å²) in [6, 6.07) is 0. The molecule has 0 aromatic rings. The first-order valence-corrected chi connectivity index (χ1v) is 5.62. The Morgan fingerprint density at radius 1 is 1.25 bits per heavy atom. The number of hydrogen-bond acceptors (Lipinski definition) is 3. The molecule has 0 aromatic heterocycles. The van der Waals surface area contributed by atoms with Crippen LogP contribution in [0, 0.1) is 5.92 Å². The third-order valence-corrected chi connectivity index (χ3v) is 3.17. The van der Waals surface area contributed by atoms with Crippen molar-refractivity contribution in [2.24, 2.45) is 5.92 Å². The molecule has 0 spiro atoms. The van der Waals surface area contributed by atoms with Gasteiger partial charge in [-0.3, -0.25) is 4.79 Å². The van der Waals surface area contributed by atoms with Crippen LogP contribution >= 0.6 is 0 Å². The number of hydrogen-bond donors (Lipinski definition) is 2. The zero-order chi connectivity index (χ0) is 15.8. The van der Waals surface area contributed by atoms with Gasteiger partial charge in [0.25, 0.3) is 0 Å². The molecule has 118 valence electrons. The molecule has 0 aliphatic heterocycles. The van der Waals surface area contributed by atoms with Gasteiger partial charge in [-0.15, -0.1) is 0 Å². The van der Waals surface area contributed by atoms with Crippen LogP contribution in [0.1, 0.15) is 12.8 Å². The van der Waals surface area contributed by atoms with Crippen LogP contribution in [-0.4, -0.2) is 48.7 Å². The molecule has 1 unspecified atom stereocenters. The second kappa shape index (κ2) is 5.40. The first-order chi connectivity index (χ1) is 8.95. The van der Waals surface area contributed by atoms with Crippen LogP contribution in [-0.2, 0) is 9.53 Å². The fraction of sp³-hybridized carbons (Fsp3) is 0.900. The van der Waals surface area contributed by atoms with Crippen LogP contribution in [0.5, 0.6) is 0 Å². The molecule has 1 saturated carbocycles. The lowest BCUT2D eigenvalue weighted by Crippen LogP contribution is -2.58. The minimum Gasteiger partial charge on any atom is -0.480 e. The van der Waals surface area contributed by atoms with E-state index in [1.807, 2.05) is 0 Å². The van der Waals surface area contributed by atoms with E-state index < -0.39 is 42.5 Å². The fourth-order valence-corrected chi connectivity index (χ4v) is 1.90. The van der Waals surface area contributed by atoms with Crippen molar-refractivity contribution in [3.63, 3.8) is 0 Å². The van der Waals surface area contributed by atoms with Crippen molar-refractivity contribution < 1.29 is 41.0 Å². The lowest BCUT2D eigenvalue weighted by molar-refractivity contribution is -0.324. The predicted octanol–water partition coefficient (Wildman–Crippen LogP) is 1.95. The van der Waals surface area contributed by atoms with Crippen molar-refractivity contribution in [3.8, 4) is 0 Å². The fourth-order valence-electron chi connectivity index (χ4n) is 1.90. The van der Waals surface area contributed by atoms with Crippen LogP contribution in [0.2, 0.25) is 0 Å². The van der Waals surface area contributed by atoms with Crippen LogP contribution in [0.25, 0.3) is 0 Å². The minimum atomic E-state index is -5.65. The highest BCUT2D eigenvalue weighted by molar-refractivity contribution is 5.80. The molecule has 0 saturated heterocycles. The van der Waals surface area contributed by atoms with E-state index in [-0.39, 0.29) is 0 Å². The maximum absolute atomic E-state index is 12.3. The number of aliphatic carboxylic acids is 1. The van der Waals surface area contributed by atoms with E-state index in [1.54, 1.807) is 0 Å². The van der Waals surface area contributed by atoms with Gasteiger partial charge in [-0.2, -0.15) is 26.3 Å². The maximum Gasteiger partial charge on any atom is 0.423 e. The Balaban J connectivity index is 2.87. The number of ether oxygens (including phenoxy) is 1. The molecule has 1 fully saturated rings. The number of rotatable bonds is 6. The highest BCUT2D eigenvalue weighted by atomic mass is 19.4. The Hall–Kier alpha value is -1.03. The summed E-state index contributed by atoms with van der Waals surface area (Å²) in [6.45, 7) is -1.22. The highest BCUT2D eigenvalue weighted by Crippen LogP contribution is 2.42. The Morgan fingerprint density at radius 3 is 1.95 bits per heavy atom. The van der Waals surface area contributed by atoms with Crippen molar-refractivity contribution in [2.75, 3.05) is 13.7 Å². The highest BCUT2D eigenvalue weighted by Gasteiger charge is 2.60. The average molecular weight is 309 g/mol. The molecule has 4 nitrogen and oxygen atoms in total. The van der Waals surface area contributed by atoms with Gasteiger partial charge >= 0.3 is 18.3 Å². The number of alkyl halides is 6. The summed E-state index contributed by atoms with van der Waals surface area (Å²) in [4.78, 5) is 11.1. The van der Waals surface area contributed by atoms with Gasteiger partial charge in [0.2, 0.25) is 6.10 Å². The topological polar surface area (TPSA) is 58.6 Å². The molecule has 0 bridgehead atoms. The number of likely N-dealkylation sites (N-methyl/N-ethyl adjacent to an activating group) is 1. The largest absolute Gasteiger partial charge is 0.480 e. The van der Waals surface area contributed by atoms with E-state index in [2.05, 4.69) is 10.1 Å². The predicted molar refractivity (Wildman–Crippen MR) is 54.0 cm³/mol. The Bertz CT molecular complexity index is 351. The van der Waals surface area contributed by atoms with Gasteiger partial charge in [0, 0.05) is 0 Å². The lowest BCUT2D eigenvalue weighted by Gasteiger charge is -2.32. The van der Waals surface area contributed by atoms with Crippen molar-refractivity contribution in [1.29, 1.82) is 0 Å². The van der Waals surface area contributed by atoms with Crippen molar-refractivity contribution in [2.45, 2.75) is 36.8 Å². The van der Waals surface area contributed by atoms with Gasteiger partial charge in [0.15, 0.2) is 0 Å². The number of carboxylic acids is 1. The molecule has 2 N–H and O–H groups in total. The number of carbonyl (C=O) groups is 1. The van der Waals surface area contributed by atoms with Crippen LogP contribution in [0.15, 0.2) is 0 Å². The first kappa shape index (κ1) is 17.0. The lowest BCUT2D eigenvalue weighted by atomic mass is 9.94. The van der Waals surface area contributed by atoms with Gasteiger partial charge in [0.05, 0.1) is 6.61 Å². The minimum absolute atomic E-state index is 0.402. The summed E-state index contributed by atoms with van der Waals surface area (Å²) in [7, 11) is 1.16. The van der Waals surface area contributed by atoms with Gasteiger partial charge in [-0.25, -0.2) is 0 Å². The van der Waals surface area contributed by atoms with E-state index in [9.17, 15) is 31.1 Å². The van der Waals surface area contributed by atoms with Gasteiger partial charge in [0.1, 0.15) is 5.54 Å². The normalized spacial score (nSPS) is 20.0. The quantitative estimate of drug-likeness (QED) is 0.736. The van der Waals surface area contributed by atoms with Gasteiger partial charge in [-0.1, -0.05) is 0 Å². The summed E-state index contributed by atoms with van der Waals surface area (Å²) < 4.78 is 77.7. The second-order valence-corrected chi connectivity index (χ2v) is 4.58. The standard InChI is InChI=1S/C10H13F6NO3/c1-17-8(7(18)19,5-2-3-5)4-20-6(9(11,12)13)10(14,15)16/h5-6,17H,2-4H2,1H3,(H,18,19). The van der Waals surface area contributed by atoms with Crippen LogP contribution in [0.4, 0.5) is 26.3 Å². The first-order valence-electron chi connectivity index (χ1n) is 5.62. The van der Waals surface area contributed by atoms with Gasteiger partial charge in [-0.05, 0) is 25.8 Å². The van der Waals surface area contributed by atoms with Gasteiger partial charge < -0.3 is 15.2 Å². The molecule has 0 radical (unpaired) electrons. The third-order valence-electron chi connectivity index (χ3n) is 3.17. The van der Waals surface area contributed by atoms with Crippen molar-refractivity contribution in [3.05, 3.63) is 0 Å². The summed E-state index contributed by atoms with van der Waals surface area (Å²) in [6.07, 6.45) is -14.5. The molecule has 1 atom stereocenters. The summed E-state index contributed by atoms with van der Waals surface area (Å²) in [5.41, 5.74) is -1.94. The molecule has 0 heterocycles. The smallest absolute Gasteiger partial charge is 0.423 e. The van der Waals surface area contributed by atoms with E-state index in [1.165, 1.54) is 0 Å². The zero-order valence-corrected chi connectivity index (χ0v) is 10.3. The Morgan fingerprint density at radius 2 is 1.70 bits per heavy atom. The van der Waals surface area contributed by atoms with E-state index in [0.29, 0.717) is 12.8 Å². The molecule has 1 rings (SSSR count). The second-order valence-electron chi connectivity index (χ2n) is 4.58. The molecule has 20 heavy (non-hydrogen) atoms. The maximum atomic E-state index is 12.3. The Kier molecular flexibility index (Phi) is 4.59. The zero-order valence-electron chi connectivity index (χ0n) is 10.3. The summed E-state index contributed by atoms with van der Waals surface area (Å²) >= 11 is 0. The summed E-state index contributed by atoms with van der Waals surface area (Å²) in [5, 5.41) is 11.3. The molecule has 1 aliphatic rings. The molecular formula is C10H13F6NO3. The third kappa shape index (κ3) is 3.54. The number of nitrogens with one attached hydrogen (secondary N) is 1. The van der Waals surface area contributed by atoms with E-state index in [0.717, 1.165) is 7.05 Å². The SMILES string of the molecule is CNC(COC(C(F)(F)F)C(F)(F)F)(C(=O)O)C1CC1. The van der Waals surface area contributed by atoms with Crippen molar-refractivity contribution in [1.82, 2.24) is 5.32 Å². The van der Waals surface area contributed by atoms with Crippen LogP contribution in [0.3, 0.4) is 0 Å². The molecular weight excluding hydrogens is 296 g/mol. The molecule has 0 amide bonds.